The molecule has 0 radical (unpaired) electrons. The van der Waals surface area contributed by atoms with Crippen molar-refractivity contribution >= 4 is 11.9 Å². The molecule has 20 heavy (non-hydrogen) atoms. The first-order valence-corrected chi connectivity index (χ1v) is 7.31. The van der Waals surface area contributed by atoms with Crippen LogP contribution >= 0.6 is 0 Å². The van der Waals surface area contributed by atoms with Crippen LogP contribution in [0, 0.1) is 0 Å². The molecule has 114 valence electrons. The van der Waals surface area contributed by atoms with Crippen molar-refractivity contribution in [2.45, 2.75) is 46.1 Å². The molecule has 0 saturated carbocycles. The third-order valence-electron chi connectivity index (χ3n) is 3.53. The number of hydrogen-bond acceptors (Lipinski definition) is 4. The Labute approximate surface area is 121 Å². The predicted octanol–water partition coefficient (Wildman–Crippen LogP) is 1.79. The fourth-order valence-corrected chi connectivity index (χ4v) is 2.19. The second-order valence-corrected chi connectivity index (χ2v) is 5.34. The lowest BCUT2D eigenvalue weighted by Crippen LogP contribution is -2.43. The van der Waals surface area contributed by atoms with Crippen LogP contribution in [0.4, 0.5) is 0 Å². The molecule has 0 aromatic carbocycles. The maximum Gasteiger partial charge on any atom is 0.320 e. The summed E-state index contributed by atoms with van der Waals surface area (Å²) in [6.45, 7) is 6.49. The molecule has 1 aliphatic carbocycles. The molecule has 0 N–H and O–H groups in total. The molecule has 0 spiro atoms. The van der Waals surface area contributed by atoms with E-state index in [1.54, 1.807) is 11.8 Å². The van der Waals surface area contributed by atoms with E-state index in [-0.39, 0.29) is 31.0 Å². The van der Waals surface area contributed by atoms with Crippen molar-refractivity contribution in [1.82, 2.24) is 9.80 Å². The first kappa shape index (κ1) is 16.7. The zero-order chi connectivity index (χ0) is 15.1. The number of carbonyl (C=O) groups is 2. The highest BCUT2D eigenvalue weighted by molar-refractivity contribution is 5.80. The lowest BCUT2D eigenvalue weighted by molar-refractivity contribution is -0.145. The van der Waals surface area contributed by atoms with Crippen molar-refractivity contribution in [2.24, 2.45) is 0 Å². The predicted molar refractivity (Wildman–Crippen MR) is 78.0 cm³/mol. The summed E-state index contributed by atoms with van der Waals surface area (Å²) in [4.78, 5) is 27.4. The second-order valence-electron chi connectivity index (χ2n) is 5.34. The van der Waals surface area contributed by atoms with Crippen LogP contribution in [0.2, 0.25) is 0 Å². The Hall–Kier alpha value is -1.36. The van der Waals surface area contributed by atoms with Gasteiger partial charge < -0.3 is 9.64 Å². The number of ether oxygens (including phenoxy) is 1. The van der Waals surface area contributed by atoms with Gasteiger partial charge in [0.05, 0.1) is 19.7 Å². The van der Waals surface area contributed by atoms with E-state index in [0.29, 0.717) is 6.61 Å². The quantitative estimate of drug-likeness (QED) is 0.668. The number of carbonyl (C=O) groups excluding carboxylic acids is 2. The third-order valence-corrected chi connectivity index (χ3v) is 3.53. The van der Waals surface area contributed by atoms with Crippen molar-refractivity contribution in [3.8, 4) is 0 Å². The highest BCUT2D eigenvalue weighted by Crippen LogP contribution is 2.20. The molecule has 0 aromatic heterocycles. The minimum absolute atomic E-state index is 0.0242. The van der Waals surface area contributed by atoms with Crippen molar-refractivity contribution in [3.05, 3.63) is 11.8 Å². The van der Waals surface area contributed by atoms with Gasteiger partial charge in [0.1, 0.15) is 0 Å². The minimum atomic E-state index is -0.281. The third kappa shape index (κ3) is 4.96. The Bertz CT molecular complexity index is 377. The van der Waals surface area contributed by atoms with E-state index < -0.39 is 0 Å². The Morgan fingerprint density at radius 1 is 1.35 bits per heavy atom. The van der Waals surface area contributed by atoms with E-state index in [9.17, 15) is 9.59 Å². The Kier molecular flexibility index (Phi) is 6.71. The summed E-state index contributed by atoms with van der Waals surface area (Å²) in [5, 5.41) is 0. The van der Waals surface area contributed by atoms with Gasteiger partial charge in [-0.3, -0.25) is 14.5 Å². The largest absolute Gasteiger partial charge is 0.465 e. The molecule has 0 heterocycles. The topological polar surface area (TPSA) is 49.9 Å². The molecule has 0 atom stereocenters. The number of amides is 1. The summed E-state index contributed by atoms with van der Waals surface area (Å²) in [7, 11) is 1.81. The summed E-state index contributed by atoms with van der Waals surface area (Å²) in [6.07, 6.45) is 5.23. The highest BCUT2D eigenvalue weighted by atomic mass is 16.5. The summed E-state index contributed by atoms with van der Waals surface area (Å²) in [6, 6.07) is 0.120. The first-order valence-electron chi connectivity index (χ1n) is 7.31. The zero-order valence-electron chi connectivity index (χ0n) is 13.0. The first-order chi connectivity index (χ1) is 9.45. The van der Waals surface area contributed by atoms with E-state index in [1.165, 1.54) is 0 Å². The van der Waals surface area contributed by atoms with Crippen molar-refractivity contribution < 1.29 is 14.3 Å². The van der Waals surface area contributed by atoms with Gasteiger partial charge in [-0.1, -0.05) is 6.08 Å². The van der Waals surface area contributed by atoms with Crippen molar-refractivity contribution in [1.29, 1.82) is 0 Å². The Morgan fingerprint density at radius 2 is 2.05 bits per heavy atom. The molecule has 0 bridgehead atoms. The van der Waals surface area contributed by atoms with Crippen LogP contribution in [0.3, 0.4) is 0 Å². The molecular weight excluding hydrogens is 256 g/mol. The summed E-state index contributed by atoms with van der Waals surface area (Å²) >= 11 is 0. The van der Waals surface area contributed by atoms with Gasteiger partial charge in [-0.2, -0.15) is 0 Å². The number of nitrogens with zero attached hydrogens (tertiary/aromatic N) is 2. The zero-order valence-corrected chi connectivity index (χ0v) is 13.0. The fraction of sp³-hybridized carbons (Fsp3) is 0.733. The average Bonchev–Trinajstić information content (AvgIpc) is 2.90. The van der Waals surface area contributed by atoms with Crippen LogP contribution in [0.5, 0.6) is 0 Å². The number of rotatable bonds is 7. The van der Waals surface area contributed by atoms with Gasteiger partial charge >= 0.3 is 5.97 Å². The molecule has 5 nitrogen and oxygen atoms in total. The van der Waals surface area contributed by atoms with Gasteiger partial charge in [0.2, 0.25) is 5.91 Å². The summed E-state index contributed by atoms with van der Waals surface area (Å²) in [5.41, 5.74) is 1.09. The minimum Gasteiger partial charge on any atom is -0.465 e. The van der Waals surface area contributed by atoms with E-state index in [4.69, 9.17) is 4.74 Å². The SMILES string of the molecule is CCOC(=O)CN(CC(=O)N(C)C1=CCCC1)C(C)C. The molecule has 0 aromatic rings. The highest BCUT2D eigenvalue weighted by Gasteiger charge is 2.22. The monoisotopic (exact) mass is 282 g/mol. The van der Waals surface area contributed by atoms with Crippen LogP contribution in [0.25, 0.3) is 0 Å². The normalized spacial score (nSPS) is 14.6. The lowest BCUT2D eigenvalue weighted by atomic mass is 10.3. The molecule has 0 saturated heterocycles. The number of hydrogen-bond donors (Lipinski definition) is 0. The Morgan fingerprint density at radius 3 is 2.55 bits per heavy atom. The van der Waals surface area contributed by atoms with Gasteiger partial charge in [-0.05, 0) is 40.0 Å². The van der Waals surface area contributed by atoms with E-state index in [2.05, 4.69) is 6.08 Å². The van der Waals surface area contributed by atoms with E-state index in [0.717, 1.165) is 25.0 Å². The van der Waals surface area contributed by atoms with Crippen molar-refractivity contribution in [2.75, 3.05) is 26.7 Å². The van der Waals surface area contributed by atoms with Gasteiger partial charge in [-0.25, -0.2) is 0 Å². The molecule has 0 unspecified atom stereocenters. The Balaban J connectivity index is 2.56. The van der Waals surface area contributed by atoms with Gasteiger partial charge in [0.25, 0.3) is 0 Å². The van der Waals surface area contributed by atoms with Crippen LogP contribution in [-0.4, -0.2) is 54.5 Å². The van der Waals surface area contributed by atoms with Gasteiger partial charge in [0, 0.05) is 18.8 Å². The summed E-state index contributed by atoms with van der Waals surface area (Å²) in [5.74, 6) is -0.257. The molecule has 1 amide bonds. The number of allylic oxidation sites excluding steroid dienone is 2. The molecule has 1 aliphatic rings. The number of esters is 1. The number of likely N-dealkylation sites (N-methyl/N-ethyl adjacent to an activating group) is 1. The van der Waals surface area contributed by atoms with Gasteiger partial charge in [-0.15, -0.1) is 0 Å². The van der Waals surface area contributed by atoms with Crippen molar-refractivity contribution in [3.63, 3.8) is 0 Å². The molecule has 0 aliphatic heterocycles. The van der Waals surface area contributed by atoms with Crippen LogP contribution in [-0.2, 0) is 14.3 Å². The van der Waals surface area contributed by atoms with E-state index >= 15 is 0 Å². The standard InChI is InChI=1S/C15H26N2O3/c1-5-20-15(19)11-17(12(2)3)10-14(18)16(4)13-8-6-7-9-13/h8,12H,5-7,9-11H2,1-4H3. The molecule has 1 rings (SSSR count). The van der Waals surface area contributed by atoms with Crippen LogP contribution in [0.1, 0.15) is 40.0 Å². The molecule has 5 heteroatoms. The maximum atomic E-state index is 12.3. The average molecular weight is 282 g/mol. The van der Waals surface area contributed by atoms with E-state index in [1.807, 2.05) is 25.8 Å². The van der Waals surface area contributed by atoms with Gasteiger partial charge in [0.15, 0.2) is 0 Å². The fourth-order valence-electron chi connectivity index (χ4n) is 2.19. The lowest BCUT2D eigenvalue weighted by Gasteiger charge is -2.27. The van der Waals surface area contributed by atoms with Crippen LogP contribution < -0.4 is 0 Å². The summed E-state index contributed by atoms with van der Waals surface area (Å²) < 4.78 is 4.95. The molecular formula is C15H26N2O3. The smallest absolute Gasteiger partial charge is 0.320 e. The maximum absolute atomic E-state index is 12.3. The second kappa shape index (κ2) is 8.04. The van der Waals surface area contributed by atoms with Crippen LogP contribution in [0.15, 0.2) is 11.8 Å². The molecule has 0 fully saturated rings.